The van der Waals surface area contributed by atoms with Crippen LogP contribution in [0.1, 0.15) is 28.8 Å². The molecule has 3 nitrogen and oxygen atoms in total. The Kier molecular flexibility index (Phi) is 2.82. The molecule has 96 valence electrons. The van der Waals surface area contributed by atoms with Gasteiger partial charge >= 0.3 is 5.97 Å². The lowest BCUT2D eigenvalue weighted by atomic mass is 9.99. The summed E-state index contributed by atoms with van der Waals surface area (Å²) in [5.41, 5.74) is 5.51. The fourth-order valence-electron chi connectivity index (χ4n) is 2.81. The molecule has 3 rings (SSSR count). The summed E-state index contributed by atoms with van der Waals surface area (Å²) < 4.78 is 0. The van der Waals surface area contributed by atoms with Gasteiger partial charge in [-0.25, -0.2) is 4.79 Å². The fraction of sp³-hybridized carbons (Fsp3) is 0.250. The van der Waals surface area contributed by atoms with Gasteiger partial charge in [0.05, 0.1) is 5.52 Å². The average molecular weight is 253 g/mol. The van der Waals surface area contributed by atoms with E-state index in [0.717, 1.165) is 47.0 Å². The predicted octanol–water partition coefficient (Wildman–Crippen LogP) is 3.13. The van der Waals surface area contributed by atoms with Crippen LogP contribution in [0.4, 0.5) is 0 Å². The smallest absolute Gasteiger partial charge is 0.328 e. The van der Waals surface area contributed by atoms with Gasteiger partial charge in [-0.1, -0.05) is 18.2 Å². The second kappa shape index (κ2) is 4.50. The number of nitrogens with zero attached hydrogens (tertiary/aromatic N) is 1. The summed E-state index contributed by atoms with van der Waals surface area (Å²) >= 11 is 0. The molecule has 0 radical (unpaired) electrons. The van der Waals surface area contributed by atoms with Crippen LogP contribution in [0.3, 0.4) is 0 Å². The molecule has 1 aliphatic carbocycles. The second-order valence-corrected chi connectivity index (χ2v) is 4.95. The Morgan fingerprint density at radius 1 is 1.37 bits per heavy atom. The van der Waals surface area contributed by atoms with Crippen LogP contribution in [-0.2, 0) is 17.6 Å². The van der Waals surface area contributed by atoms with Gasteiger partial charge < -0.3 is 5.11 Å². The number of hydrogen-bond acceptors (Lipinski definition) is 2. The Labute approximate surface area is 111 Å². The van der Waals surface area contributed by atoms with Gasteiger partial charge in [0.15, 0.2) is 0 Å². The zero-order valence-electron chi connectivity index (χ0n) is 10.8. The maximum Gasteiger partial charge on any atom is 0.328 e. The molecule has 2 aromatic rings. The number of aliphatic carboxylic acids is 1. The number of pyridine rings is 1. The Hall–Kier alpha value is -2.16. The molecule has 0 bridgehead atoms. The zero-order valence-corrected chi connectivity index (χ0v) is 10.8. The van der Waals surface area contributed by atoms with Crippen LogP contribution in [-0.4, -0.2) is 16.1 Å². The molecule has 0 saturated heterocycles. The topological polar surface area (TPSA) is 50.2 Å². The number of rotatable bonds is 2. The largest absolute Gasteiger partial charge is 0.478 e. The Balaban J connectivity index is 2.33. The number of carbonyl (C=O) groups is 1. The lowest BCUT2D eigenvalue weighted by molar-refractivity contribution is -0.131. The van der Waals surface area contributed by atoms with Crippen LogP contribution in [0.2, 0.25) is 0 Å². The lowest BCUT2D eigenvalue weighted by Gasteiger charge is -2.10. The molecule has 0 fully saturated rings. The molecule has 0 spiro atoms. The first kappa shape index (κ1) is 11.9. The highest BCUT2D eigenvalue weighted by atomic mass is 16.4. The van der Waals surface area contributed by atoms with E-state index in [2.05, 4.69) is 0 Å². The van der Waals surface area contributed by atoms with E-state index in [1.54, 1.807) is 6.08 Å². The molecule has 0 atom stereocenters. The quantitative estimate of drug-likeness (QED) is 0.836. The summed E-state index contributed by atoms with van der Waals surface area (Å²) in [6.07, 6.45) is 6.02. The number of para-hydroxylation sites is 1. The van der Waals surface area contributed by atoms with E-state index in [1.165, 1.54) is 11.6 Å². The normalized spacial score (nSPS) is 14.2. The van der Waals surface area contributed by atoms with Crippen LogP contribution in [0.25, 0.3) is 17.0 Å². The standard InChI is InChI=1S/C16H15NO2/c1-10-4-2-6-13-11(8-9-15(18)19)12-5-3-7-14(12)17-16(10)13/h2,4,6,8-9H,3,5,7H2,1H3,(H,18,19)/b9-8+. The van der Waals surface area contributed by atoms with Crippen molar-refractivity contribution >= 4 is 22.9 Å². The second-order valence-electron chi connectivity index (χ2n) is 4.95. The molecule has 1 aromatic carbocycles. The van der Waals surface area contributed by atoms with Crippen molar-refractivity contribution < 1.29 is 9.90 Å². The number of fused-ring (bicyclic) bond motifs is 2. The monoisotopic (exact) mass is 253 g/mol. The Morgan fingerprint density at radius 2 is 2.21 bits per heavy atom. The van der Waals surface area contributed by atoms with E-state index in [-0.39, 0.29) is 0 Å². The van der Waals surface area contributed by atoms with Gasteiger partial charge in [0.2, 0.25) is 0 Å². The predicted molar refractivity (Wildman–Crippen MR) is 75.2 cm³/mol. The zero-order chi connectivity index (χ0) is 13.4. The number of aromatic nitrogens is 1. The molecule has 19 heavy (non-hydrogen) atoms. The third kappa shape index (κ3) is 2.01. The Morgan fingerprint density at radius 3 is 3.00 bits per heavy atom. The third-order valence-corrected chi connectivity index (χ3v) is 3.68. The highest BCUT2D eigenvalue weighted by molar-refractivity contribution is 5.95. The summed E-state index contributed by atoms with van der Waals surface area (Å²) in [5, 5.41) is 9.90. The number of hydrogen-bond donors (Lipinski definition) is 1. The molecule has 1 N–H and O–H groups in total. The van der Waals surface area contributed by atoms with Crippen LogP contribution < -0.4 is 0 Å². The van der Waals surface area contributed by atoms with Gasteiger partial charge in [0.25, 0.3) is 0 Å². The van der Waals surface area contributed by atoms with E-state index >= 15 is 0 Å². The highest BCUT2D eigenvalue weighted by Crippen LogP contribution is 2.31. The van der Waals surface area contributed by atoms with Gasteiger partial charge in [-0.05, 0) is 49.0 Å². The number of benzene rings is 1. The Bertz CT molecular complexity index is 701. The van der Waals surface area contributed by atoms with Crippen molar-refractivity contribution in [2.45, 2.75) is 26.2 Å². The van der Waals surface area contributed by atoms with Crippen molar-refractivity contribution in [2.75, 3.05) is 0 Å². The molecule has 3 heteroatoms. The highest BCUT2D eigenvalue weighted by Gasteiger charge is 2.18. The first-order chi connectivity index (χ1) is 9.16. The van der Waals surface area contributed by atoms with Crippen molar-refractivity contribution in [1.82, 2.24) is 4.98 Å². The number of carboxylic acid groups (broad SMARTS) is 1. The maximum absolute atomic E-state index is 10.8. The summed E-state index contributed by atoms with van der Waals surface area (Å²) in [4.78, 5) is 15.5. The molecular weight excluding hydrogens is 238 g/mol. The maximum atomic E-state index is 10.8. The summed E-state index contributed by atoms with van der Waals surface area (Å²) in [5.74, 6) is -0.913. The van der Waals surface area contributed by atoms with Crippen LogP contribution in [0.5, 0.6) is 0 Å². The van der Waals surface area contributed by atoms with Crippen molar-refractivity contribution in [2.24, 2.45) is 0 Å². The molecule has 0 saturated carbocycles. The minimum Gasteiger partial charge on any atom is -0.478 e. The number of aryl methyl sites for hydroxylation is 2. The van der Waals surface area contributed by atoms with Gasteiger partial charge in [0, 0.05) is 17.2 Å². The molecule has 1 heterocycles. The molecule has 1 aromatic heterocycles. The summed E-state index contributed by atoms with van der Waals surface area (Å²) in [7, 11) is 0. The van der Waals surface area contributed by atoms with E-state index in [1.807, 2.05) is 25.1 Å². The summed E-state index contributed by atoms with van der Waals surface area (Å²) in [6.45, 7) is 2.04. The SMILES string of the molecule is Cc1cccc2c(/C=C/C(=O)O)c3c(nc12)CCC3. The van der Waals surface area contributed by atoms with E-state index in [9.17, 15) is 4.79 Å². The molecular formula is C16H15NO2. The van der Waals surface area contributed by atoms with Crippen molar-refractivity contribution in [3.8, 4) is 0 Å². The minimum atomic E-state index is -0.913. The molecule has 0 aliphatic heterocycles. The number of carboxylic acids is 1. The van der Waals surface area contributed by atoms with Gasteiger partial charge in [-0.15, -0.1) is 0 Å². The van der Waals surface area contributed by atoms with E-state index in [4.69, 9.17) is 10.1 Å². The molecule has 1 aliphatic rings. The van der Waals surface area contributed by atoms with E-state index < -0.39 is 5.97 Å². The van der Waals surface area contributed by atoms with Gasteiger partial charge in [-0.3, -0.25) is 4.98 Å². The summed E-state index contributed by atoms with van der Waals surface area (Å²) in [6, 6.07) is 6.07. The van der Waals surface area contributed by atoms with E-state index in [0.29, 0.717) is 0 Å². The first-order valence-electron chi connectivity index (χ1n) is 6.49. The van der Waals surface area contributed by atoms with Crippen molar-refractivity contribution in [1.29, 1.82) is 0 Å². The first-order valence-corrected chi connectivity index (χ1v) is 6.49. The lowest BCUT2D eigenvalue weighted by Crippen LogP contribution is -1.97. The van der Waals surface area contributed by atoms with Crippen molar-refractivity contribution in [3.05, 3.63) is 46.7 Å². The fourth-order valence-corrected chi connectivity index (χ4v) is 2.81. The van der Waals surface area contributed by atoms with Gasteiger partial charge in [-0.2, -0.15) is 0 Å². The van der Waals surface area contributed by atoms with Gasteiger partial charge in [0.1, 0.15) is 0 Å². The molecule has 0 amide bonds. The van der Waals surface area contributed by atoms with Crippen LogP contribution in [0, 0.1) is 6.92 Å². The van der Waals surface area contributed by atoms with Crippen molar-refractivity contribution in [3.63, 3.8) is 0 Å². The third-order valence-electron chi connectivity index (χ3n) is 3.68. The average Bonchev–Trinajstić information content (AvgIpc) is 2.83. The van der Waals surface area contributed by atoms with Crippen LogP contribution in [0.15, 0.2) is 24.3 Å². The van der Waals surface area contributed by atoms with Crippen LogP contribution >= 0.6 is 0 Å². The minimum absolute atomic E-state index is 0.913. The molecule has 0 unspecified atom stereocenters.